The molecule has 0 bridgehead atoms. The van der Waals surface area contributed by atoms with Crippen LogP contribution in [0.2, 0.25) is 18.1 Å². The Balaban J connectivity index is 3.98. The monoisotopic (exact) mass is 460 g/mol. The predicted molar refractivity (Wildman–Crippen MR) is 131 cm³/mol. The zero-order valence-electron chi connectivity index (χ0n) is 19.4. The average Bonchev–Trinajstić information content (AvgIpc) is 2.59. The molecule has 0 rings (SSSR count). The second-order valence-electron chi connectivity index (χ2n) is 9.65. The smallest absolute Gasteiger partial charge is 0.192 e. The van der Waals surface area contributed by atoms with Gasteiger partial charge < -0.3 is 4.43 Å². The molecule has 0 saturated heterocycles. The fourth-order valence-corrected chi connectivity index (χ4v) is 4.70. The lowest BCUT2D eigenvalue weighted by Crippen LogP contribution is -2.43. The molecule has 0 unspecified atom stereocenters. The summed E-state index contributed by atoms with van der Waals surface area (Å²) in [7, 11) is -1.67. The predicted octanol–water partition coefficient (Wildman–Crippen LogP) is 9.42. The topological polar surface area (TPSA) is 9.23 Å². The number of allylic oxidation sites excluding steroid dienone is 1. The highest BCUT2D eigenvalue weighted by atomic mass is 79.9. The molecule has 0 aliphatic carbocycles. The molecule has 162 valence electrons. The van der Waals surface area contributed by atoms with Gasteiger partial charge in [0.2, 0.25) is 0 Å². The van der Waals surface area contributed by atoms with Crippen molar-refractivity contribution in [2.45, 2.75) is 135 Å². The van der Waals surface area contributed by atoms with Gasteiger partial charge in [-0.05, 0) is 43.8 Å². The molecule has 0 aliphatic heterocycles. The highest BCUT2D eigenvalue weighted by Crippen LogP contribution is 2.38. The largest absolute Gasteiger partial charge is 0.411 e. The molecule has 1 nitrogen and oxygen atoms in total. The second-order valence-corrected chi connectivity index (χ2v) is 15.2. The van der Waals surface area contributed by atoms with E-state index in [9.17, 15) is 0 Å². The van der Waals surface area contributed by atoms with Crippen molar-refractivity contribution in [3.8, 4) is 0 Å². The van der Waals surface area contributed by atoms with Crippen LogP contribution in [0.3, 0.4) is 0 Å². The Morgan fingerprint density at radius 2 is 1.37 bits per heavy atom. The molecule has 0 aromatic rings. The third kappa shape index (κ3) is 15.0. The maximum absolute atomic E-state index is 6.65. The van der Waals surface area contributed by atoms with Gasteiger partial charge in [-0.1, -0.05) is 114 Å². The van der Waals surface area contributed by atoms with Crippen LogP contribution >= 0.6 is 15.9 Å². The van der Waals surface area contributed by atoms with Gasteiger partial charge in [0.05, 0.1) is 6.10 Å². The minimum absolute atomic E-state index is 0.291. The molecule has 0 amide bonds. The third-order valence-electron chi connectivity index (χ3n) is 5.95. The minimum atomic E-state index is -1.67. The lowest BCUT2D eigenvalue weighted by molar-refractivity contribution is 0.211. The standard InChI is InChI=1S/C24H49BrOSi/c1-7-8-20-23(26-27(5,6)24(2,3)4)21-18-16-14-12-10-9-11-13-15-17-19-22-25/h18,21,23H,7-17,19-20,22H2,1-6H3/t23-/m1/s1. The second kappa shape index (κ2) is 16.2. The Morgan fingerprint density at radius 1 is 0.852 bits per heavy atom. The summed E-state index contributed by atoms with van der Waals surface area (Å²) in [4.78, 5) is 0. The quantitative estimate of drug-likeness (QED) is 0.0907. The lowest BCUT2D eigenvalue weighted by atomic mass is 10.1. The van der Waals surface area contributed by atoms with E-state index in [4.69, 9.17) is 4.43 Å². The van der Waals surface area contributed by atoms with E-state index in [0.29, 0.717) is 11.1 Å². The van der Waals surface area contributed by atoms with E-state index in [2.05, 4.69) is 68.9 Å². The molecule has 0 N–H and O–H groups in total. The van der Waals surface area contributed by atoms with Gasteiger partial charge in [-0.25, -0.2) is 0 Å². The van der Waals surface area contributed by atoms with Crippen LogP contribution in [0.5, 0.6) is 0 Å². The first-order chi connectivity index (χ1) is 12.7. The van der Waals surface area contributed by atoms with Crippen LogP contribution in [-0.2, 0) is 4.43 Å². The number of hydrogen-bond acceptors (Lipinski definition) is 1. The maximum atomic E-state index is 6.65. The van der Waals surface area contributed by atoms with Crippen LogP contribution in [0, 0.1) is 0 Å². The van der Waals surface area contributed by atoms with Crippen LogP contribution in [0.25, 0.3) is 0 Å². The van der Waals surface area contributed by atoms with Crippen LogP contribution in [0.15, 0.2) is 12.2 Å². The molecular weight excluding hydrogens is 412 g/mol. The van der Waals surface area contributed by atoms with Crippen molar-refractivity contribution in [3.63, 3.8) is 0 Å². The molecule has 0 heterocycles. The summed E-state index contributed by atoms with van der Waals surface area (Å²) in [6.45, 7) is 14.0. The van der Waals surface area contributed by atoms with E-state index < -0.39 is 8.32 Å². The van der Waals surface area contributed by atoms with Gasteiger partial charge in [-0.2, -0.15) is 0 Å². The first-order valence-corrected chi connectivity index (χ1v) is 15.7. The first kappa shape index (κ1) is 27.4. The summed E-state index contributed by atoms with van der Waals surface area (Å²) in [5, 5.41) is 1.46. The van der Waals surface area contributed by atoms with Crippen LogP contribution < -0.4 is 0 Å². The minimum Gasteiger partial charge on any atom is -0.411 e. The van der Waals surface area contributed by atoms with Gasteiger partial charge in [0, 0.05) is 5.33 Å². The highest BCUT2D eigenvalue weighted by molar-refractivity contribution is 9.09. The highest BCUT2D eigenvalue weighted by Gasteiger charge is 2.38. The molecule has 0 aromatic carbocycles. The fraction of sp³-hybridized carbons (Fsp3) is 0.917. The summed E-state index contributed by atoms with van der Waals surface area (Å²) < 4.78 is 6.65. The van der Waals surface area contributed by atoms with E-state index in [1.807, 2.05) is 0 Å². The van der Waals surface area contributed by atoms with Crippen LogP contribution in [-0.4, -0.2) is 19.8 Å². The van der Waals surface area contributed by atoms with Crippen LogP contribution in [0.1, 0.15) is 111 Å². The lowest BCUT2D eigenvalue weighted by Gasteiger charge is -2.38. The number of hydrogen-bond donors (Lipinski definition) is 0. The van der Waals surface area contributed by atoms with Gasteiger partial charge >= 0.3 is 0 Å². The zero-order chi connectivity index (χ0) is 20.6. The van der Waals surface area contributed by atoms with Gasteiger partial charge in [0.15, 0.2) is 8.32 Å². The third-order valence-corrected chi connectivity index (χ3v) is 11.0. The average molecular weight is 462 g/mol. The van der Waals surface area contributed by atoms with E-state index in [1.54, 1.807) is 0 Å². The number of halogens is 1. The molecule has 0 saturated carbocycles. The Kier molecular flexibility index (Phi) is 16.5. The van der Waals surface area contributed by atoms with Crippen molar-refractivity contribution in [3.05, 3.63) is 12.2 Å². The van der Waals surface area contributed by atoms with Crippen LogP contribution in [0.4, 0.5) is 0 Å². The number of alkyl halides is 1. The van der Waals surface area contributed by atoms with Crippen molar-refractivity contribution in [2.24, 2.45) is 0 Å². The van der Waals surface area contributed by atoms with E-state index in [1.165, 1.54) is 88.8 Å². The SMILES string of the molecule is CCCC[C@H](C=CCCCCCCCCCCCBr)O[Si](C)(C)C(C)(C)C. The summed E-state index contributed by atoms with van der Waals surface area (Å²) in [6, 6.07) is 0. The number of rotatable bonds is 17. The Labute approximate surface area is 181 Å². The van der Waals surface area contributed by atoms with Crippen molar-refractivity contribution >= 4 is 24.2 Å². The van der Waals surface area contributed by atoms with E-state index in [-0.39, 0.29) is 0 Å². The zero-order valence-corrected chi connectivity index (χ0v) is 22.0. The van der Waals surface area contributed by atoms with Gasteiger partial charge in [-0.15, -0.1) is 0 Å². The fourth-order valence-electron chi connectivity index (χ4n) is 3.00. The van der Waals surface area contributed by atoms with Gasteiger partial charge in [-0.3, -0.25) is 0 Å². The summed E-state index contributed by atoms with van der Waals surface area (Å²) in [5.41, 5.74) is 0. The van der Waals surface area contributed by atoms with E-state index in [0.717, 1.165) is 0 Å². The Morgan fingerprint density at radius 3 is 1.85 bits per heavy atom. The number of unbranched alkanes of at least 4 members (excludes halogenated alkanes) is 10. The molecule has 27 heavy (non-hydrogen) atoms. The molecule has 0 spiro atoms. The van der Waals surface area contributed by atoms with Crippen molar-refractivity contribution in [2.75, 3.05) is 5.33 Å². The van der Waals surface area contributed by atoms with Gasteiger partial charge in [0.1, 0.15) is 0 Å². The Hall–Kier alpha value is 0.397. The molecule has 0 aromatic heterocycles. The molecule has 0 fully saturated rings. The Bertz CT molecular complexity index is 360. The molecule has 0 aliphatic rings. The molecule has 3 heteroatoms. The molecule has 1 atom stereocenters. The van der Waals surface area contributed by atoms with Crippen molar-refractivity contribution < 1.29 is 4.43 Å². The van der Waals surface area contributed by atoms with Gasteiger partial charge in [0.25, 0.3) is 0 Å². The summed E-state index contributed by atoms with van der Waals surface area (Å²) >= 11 is 3.51. The van der Waals surface area contributed by atoms with E-state index >= 15 is 0 Å². The molecular formula is C24H49BrOSi. The van der Waals surface area contributed by atoms with Crippen molar-refractivity contribution in [1.29, 1.82) is 0 Å². The van der Waals surface area contributed by atoms with Crippen molar-refractivity contribution in [1.82, 2.24) is 0 Å². The summed E-state index contributed by atoms with van der Waals surface area (Å²) in [5.74, 6) is 0. The summed E-state index contributed by atoms with van der Waals surface area (Å²) in [6.07, 6.45) is 22.6. The normalized spacial score (nSPS) is 14.2. The maximum Gasteiger partial charge on any atom is 0.192 e. The molecule has 0 radical (unpaired) electrons. The first-order valence-electron chi connectivity index (χ1n) is 11.6.